The smallest absolute Gasteiger partial charge is 0.187 e. The Kier molecular flexibility index (Phi) is 5.12. The number of aryl methyl sites for hydroxylation is 1. The second-order valence-electron chi connectivity index (χ2n) is 4.18. The lowest BCUT2D eigenvalue weighted by atomic mass is 10.1. The van der Waals surface area contributed by atoms with Gasteiger partial charge in [0.25, 0.3) is 0 Å². The lowest BCUT2D eigenvalue weighted by Gasteiger charge is -2.08. The Hall–Kier alpha value is -1.88. The predicted molar refractivity (Wildman–Crippen MR) is 79.4 cm³/mol. The molecular formula is C15H16N2O2S. The van der Waals surface area contributed by atoms with Crippen molar-refractivity contribution < 1.29 is 9.53 Å². The van der Waals surface area contributed by atoms with E-state index in [2.05, 4.69) is 9.97 Å². The van der Waals surface area contributed by atoms with Gasteiger partial charge in [-0.2, -0.15) is 0 Å². The molecule has 4 nitrogen and oxygen atoms in total. The van der Waals surface area contributed by atoms with Crippen LogP contribution in [0.1, 0.15) is 22.8 Å². The summed E-state index contributed by atoms with van der Waals surface area (Å²) in [5.41, 5.74) is 1.61. The van der Waals surface area contributed by atoms with Crippen molar-refractivity contribution in [2.24, 2.45) is 0 Å². The second-order valence-corrected chi connectivity index (χ2v) is 5.13. The van der Waals surface area contributed by atoms with Crippen molar-refractivity contribution in [3.05, 3.63) is 47.8 Å². The summed E-state index contributed by atoms with van der Waals surface area (Å²) in [4.78, 5) is 20.6. The Bertz CT molecular complexity index is 585. The summed E-state index contributed by atoms with van der Waals surface area (Å²) in [7, 11) is 0. The number of aromatic nitrogens is 2. The number of rotatable bonds is 6. The minimum Gasteiger partial charge on any atom is -0.493 e. The molecule has 0 fully saturated rings. The maximum Gasteiger partial charge on any atom is 0.187 e. The Morgan fingerprint density at radius 3 is 2.65 bits per heavy atom. The number of benzene rings is 1. The Labute approximate surface area is 122 Å². The van der Waals surface area contributed by atoms with E-state index >= 15 is 0 Å². The van der Waals surface area contributed by atoms with E-state index in [0.29, 0.717) is 28.8 Å². The molecule has 1 aromatic carbocycles. The number of nitrogens with zero attached hydrogens (tertiary/aromatic N) is 2. The molecule has 0 bridgehead atoms. The van der Waals surface area contributed by atoms with E-state index < -0.39 is 0 Å². The molecule has 0 unspecified atom stereocenters. The van der Waals surface area contributed by atoms with Gasteiger partial charge in [0.15, 0.2) is 10.9 Å². The molecule has 104 valence electrons. The molecule has 0 N–H and O–H groups in total. The first-order valence-electron chi connectivity index (χ1n) is 6.37. The van der Waals surface area contributed by atoms with Gasteiger partial charge in [0, 0.05) is 12.4 Å². The highest BCUT2D eigenvalue weighted by atomic mass is 32.2. The summed E-state index contributed by atoms with van der Waals surface area (Å²) in [5, 5.41) is 0.609. The quantitative estimate of drug-likeness (QED) is 0.464. The molecule has 0 aliphatic carbocycles. The average molecular weight is 288 g/mol. The Morgan fingerprint density at radius 2 is 1.95 bits per heavy atom. The van der Waals surface area contributed by atoms with Gasteiger partial charge in [0.2, 0.25) is 0 Å². The first kappa shape index (κ1) is 14.5. The zero-order chi connectivity index (χ0) is 14.4. The SMILES string of the molecule is CCOc1ccccc1C(=O)CSc1ncc(C)cn1. The first-order valence-corrected chi connectivity index (χ1v) is 7.35. The molecule has 0 amide bonds. The number of carbonyl (C=O) groups is 1. The lowest BCUT2D eigenvalue weighted by molar-refractivity contribution is 0.101. The van der Waals surface area contributed by atoms with E-state index in [9.17, 15) is 4.79 Å². The number of para-hydroxylation sites is 1. The zero-order valence-electron chi connectivity index (χ0n) is 11.5. The van der Waals surface area contributed by atoms with Gasteiger partial charge in [0.1, 0.15) is 5.75 Å². The topological polar surface area (TPSA) is 52.1 Å². The molecule has 5 heteroatoms. The van der Waals surface area contributed by atoms with E-state index in [-0.39, 0.29) is 5.78 Å². The largest absolute Gasteiger partial charge is 0.493 e. The fourth-order valence-electron chi connectivity index (χ4n) is 1.64. The van der Waals surface area contributed by atoms with Crippen LogP contribution in [-0.2, 0) is 0 Å². The van der Waals surface area contributed by atoms with Crippen LogP contribution in [0.3, 0.4) is 0 Å². The highest BCUT2D eigenvalue weighted by Crippen LogP contribution is 2.21. The highest BCUT2D eigenvalue weighted by Gasteiger charge is 2.12. The molecule has 0 aliphatic heterocycles. The molecule has 0 spiro atoms. The summed E-state index contributed by atoms with van der Waals surface area (Å²) in [5.74, 6) is 0.946. The molecule has 1 heterocycles. The van der Waals surface area contributed by atoms with Gasteiger partial charge in [-0.3, -0.25) is 4.79 Å². The number of Topliss-reactive ketones (excluding diaryl/α,β-unsaturated/α-hetero) is 1. The maximum absolute atomic E-state index is 12.2. The fourth-order valence-corrected chi connectivity index (χ4v) is 2.31. The molecule has 1 aromatic heterocycles. The number of ether oxygens (including phenoxy) is 1. The van der Waals surface area contributed by atoms with Crippen molar-refractivity contribution in [1.29, 1.82) is 0 Å². The van der Waals surface area contributed by atoms with Gasteiger partial charge in [0.05, 0.1) is 17.9 Å². The van der Waals surface area contributed by atoms with Crippen LogP contribution in [0.2, 0.25) is 0 Å². The van der Waals surface area contributed by atoms with E-state index in [1.54, 1.807) is 18.5 Å². The Balaban J connectivity index is 2.03. The fraction of sp³-hybridized carbons (Fsp3) is 0.267. The molecule has 0 atom stereocenters. The van der Waals surface area contributed by atoms with Gasteiger partial charge in [-0.1, -0.05) is 23.9 Å². The monoisotopic (exact) mass is 288 g/mol. The van der Waals surface area contributed by atoms with Gasteiger partial charge < -0.3 is 4.74 Å². The molecular weight excluding hydrogens is 272 g/mol. The van der Waals surface area contributed by atoms with E-state index in [1.807, 2.05) is 32.0 Å². The van der Waals surface area contributed by atoms with Crippen molar-refractivity contribution in [3.8, 4) is 5.75 Å². The van der Waals surface area contributed by atoms with Crippen molar-refractivity contribution >= 4 is 17.5 Å². The van der Waals surface area contributed by atoms with Crippen molar-refractivity contribution in [2.75, 3.05) is 12.4 Å². The minimum absolute atomic E-state index is 0.0169. The van der Waals surface area contributed by atoms with Crippen LogP contribution in [0.15, 0.2) is 41.8 Å². The van der Waals surface area contributed by atoms with Gasteiger partial charge >= 0.3 is 0 Å². The number of carbonyl (C=O) groups excluding carboxylic acids is 1. The zero-order valence-corrected chi connectivity index (χ0v) is 12.3. The third kappa shape index (κ3) is 3.81. The van der Waals surface area contributed by atoms with Crippen molar-refractivity contribution in [1.82, 2.24) is 9.97 Å². The van der Waals surface area contributed by atoms with E-state index in [4.69, 9.17) is 4.74 Å². The average Bonchev–Trinajstić information content (AvgIpc) is 2.47. The molecule has 0 saturated carbocycles. The lowest BCUT2D eigenvalue weighted by Crippen LogP contribution is -2.06. The van der Waals surface area contributed by atoms with Gasteiger partial charge in [-0.15, -0.1) is 0 Å². The number of hydrogen-bond acceptors (Lipinski definition) is 5. The van der Waals surface area contributed by atoms with Gasteiger partial charge in [-0.25, -0.2) is 9.97 Å². The van der Waals surface area contributed by atoms with Crippen LogP contribution in [-0.4, -0.2) is 28.1 Å². The van der Waals surface area contributed by atoms with Crippen LogP contribution >= 0.6 is 11.8 Å². The number of thioether (sulfide) groups is 1. The maximum atomic E-state index is 12.2. The normalized spacial score (nSPS) is 10.3. The molecule has 0 aliphatic rings. The number of ketones is 1. The summed E-state index contributed by atoms with van der Waals surface area (Å²) in [6.45, 7) is 4.37. The third-order valence-electron chi connectivity index (χ3n) is 2.58. The molecule has 20 heavy (non-hydrogen) atoms. The molecule has 0 radical (unpaired) electrons. The second kappa shape index (κ2) is 7.05. The van der Waals surface area contributed by atoms with E-state index in [1.165, 1.54) is 11.8 Å². The summed E-state index contributed by atoms with van der Waals surface area (Å²) < 4.78 is 5.46. The van der Waals surface area contributed by atoms with Crippen molar-refractivity contribution in [2.45, 2.75) is 19.0 Å². The van der Waals surface area contributed by atoms with Crippen LogP contribution in [0.4, 0.5) is 0 Å². The first-order chi connectivity index (χ1) is 9.70. The Morgan fingerprint density at radius 1 is 1.25 bits per heavy atom. The summed E-state index contributed by atoms with van der Waals surface area (Å²) in [6.07, 6.45) is 3.49. The molecule has 2 aromatic rings. The third-order valence-corrected chi connectivity index (χ3v) is 3.45. The van der Waals surface area contributed by atoms with Crippen LogP contribution in [0, 0.1) is 6.92 Å². The number of hydrogen-bond donors (Lipinski definition) is 0. The van der Waals surface area contributed by atoms with Crippen LogP contribution in [0.5, 0.6) is 5.75 Å². The highest BCUT2D eigenvalue weighted by molar-refractivity contribution is 7.99. The predicted octanol–water partition coefficient (Wildman–Crippen LogP) is 3.16. The van der Waals surface area contributed by atoms with Crippen LogP contribution in [0.25, 0.3) is 0 Å². The van der Waals surface area contributed by atoms with Crippen molar-refractivity contribution in [3.63, 3.8) is 0 Å². The standard InChI is InChI=1S/C15H16N2O2S/c1-3-19-14-7-5-4-6-12(14)13(18)10-20-15-16-8-11(2)9-17-15/h4-9H,3,10H2,1-2H3. The minimum atomic E-state index is 0.0169. The molecule has 2 rings (SSSR count). The molecule has 0 saturated heterocycles. The van der Waals surface area contributed by atoms with Gasteiger partial charge in [-0.05, 0) is 31.5 Å². The summed E-state index contributed by atoms with van der Waals surface area (Å²) in [6, 6.07) is 7.29. The summed E-state index contributed by atoms with van der Waals surface area (Å²) >= 11 is 1.33. The van der Waals surface area contributed by atoms with E-state index in [0.717, 1.165) is 5.56 Å². The van der Waals surface area contributed by atoms with Crippen LogP contribution < -0.4 is 4.74 Å².